The summed E-state index contributed by atoms with van der Waals surface area (Å²) < 4.78 is 2.37. The van der Waals surface area contributed by atoms with Crippen molar-refractivity contribution in [3.63, 3.8) is 0 Å². The lowest BCUT2D eigenvalue weighted by atomic mass is 9.43. The Morgan fingerprint density at radius 2 is 1.42 bits per heavy atom. The van der Waals surface area contributed by atoms with Gasteiger partial charge in [0.15, 0.2) is 5.82 Å². The van der Waals surface area contributed by atoms with Crippen molar-refractivity contribution >= 4 is 21.8 Å². The highest BCUT2D eigenvalue weighted by Gasteiger charge is 2.63. The van der Waals surface area contributed by atoms with Crippen LogP contribution < -0.4 is 0 Å². The number of pyridine rings is 1. The standard InChI is InChI=1S/C37H34N4O2/c1-5-41-29-12-8-23(21-14-16-38-17-15-21)18-26(29)27-19-24(9-13-30(27)41)33-32-28-20-31(36(28,2)3)37(4,43)34(32)40-35(39-33)22-6-10-25(42)11-7-22/h6-19,28,31,42-43H,5,20H2,1-4H3. The molecule has 43 heavy (non-hydrogen) atoms. The van der Waals surface area contributed by atoms with Crippen molar-refractivity contribution in [2.75, 3.05) is 0 Å². The van der Waals surface area contributed by atoms with E-state index in [1.54, 1.807) is 12.1 Å². The summed E-state index contributed by atoms with van der Waals surface area (Å²) in [6, 6.07) is 24.4. The Bertz CT molecular complexity index is 2060. The monoisotopic (exact) mass is 566 g/mol. The number of aromatic nitrogens is 4. The van der Waals surface area contributed by atoms with Crippen LogP contribution in [0.3, 0.4) is 0 Å². The summed E-state index contributed by atoms with van der Waals surface area (Å²) in [5.41, 5.74) is 8.06. The minimum atomic E-state index is -1.07. The molecule has 0 radical (unpaired) electrons. The van der Waals surface area contributed by atoms with Gasteiger partial charge in [-0.2, -0.15) is 0 Å². The third-order valence-electron chi connectivity index (χ3n) is 10.3. The molecular formula is C37H34N4O2. The molecule has 0 amide bonds. The molecule has 6 nitrogen and oxygen atoms in total. The summed E-state index contributed by atoms with van der Waals surface area (Å²) in [5.74, 6) is 1.15. The molecule has 6 aromatic rings. The van der Waals surface area contributed by atoms with Crippen molar-refractivity contribution in [1.29, 1.82) is 0 Å². The van der Waals surface area contributed by atoms with E-state index in [1.165, 1.54) is 21.8 Å². The second kappa shape index (κ2) is 8.98. The lowest BCUT2D eigenvalue weighted by Gasteiger charge is -2.62. The molecule has 1 fully saturated rings. The van der Waals surface area contributed by atoms with Crippen LogP contribution in [0.2, 0.25) is 0 Å². The van der Waals surface area contributed by atoms with Crippen molar-refractivity contribution in [3.8, 4) is 39.5 Å². The first kappa shape index (κ1) is 26.1. The van der Waals surface area contributed by atoms with Crippen LogP contribution in [-0.4, -0.2) is 29.7 Å². The molecule has 9 rings (SSSR count). The van der Waals surface area contributed by atoms with Crippen LogP contribution in [0.5, 0.6) is 5.75 Å². The van der Waals surface area contributed by atoms with Crippen molar-refractivity contribution in [3.05, 3.63) is 96.4 Å². The number of phenols is 1. The van der Waals surface area contributed by atoms with Gasteiger partial charge in [-0.1, -0.05) is 26.0 Å². The maximum Gasteiger partial charge on any atom is 0.160 e. The molecule has 214 valence electrons. The van der Waals surface area contributed by atoms with Gasteiger partial charge in [-0.3, -0.25) is 4.98 Å². The molecule has 0 spiro atoms. The van der Waals surface area contributed by atoms with Gasteiger partial charge in [-0.05, 0) is 109 Å². The fourth-order valence-electron chi connectivity index (χ4n) is 8.00. The van der Waals surface area contributed by atoms with Crippen LogP contribution in [-0.2, 0) is 12.1 Å². The predicted octanol–water partition coefficient (Wildman–Crippen LogP) is 8.06. The van der Waals surface area contributed by atoms with E-state index >= 15 is 0 Å². The zero-order valence-electron chi connectivity index (χ0n) is 24.8. The van der Waals surface area contributed by atoms with Crippen LogP contribution in [0.15, 0.2) is 85.2 Å². The molecule has 6 heteroatoms. The molecule has 3 unspecified atom stereocenters. The van der Waals surface area contributed by atoms with E-state index in [1.807, 2.05) is 43.6 Å². The summed E-state index contributed by atoms with van der Waals surface area (Å²) in [5, 5.41) is 24.3. The summed E-state index contributed by atoms with van der Waals surface area (Å²) in [4.78, 5) is 14.4. The molecule has 3 aliphatic carbocycles. The molecule has 3 heterocycles. The smallest absolute Gasteiger partial charge is 0.160 e. The van der Waals surface area contributed by atoms with Crippen LogP contribution in [0.1, 0.15) is 51.3 Å². The van der Waals surface area contributed by atoms with Gasteiger partial charge in [-0.15, -0.1) is 0 Å². The van der Waals surface area contributed by atoms with Gasteiger partial charge in [0, 0.05) is 57.4 Å². The molecule has 0 saturated heterocycles. The number of aryl methyl sites for hydroxylation is 1. The quantitative estimate of drug-likeness (QED) is 0.226. The van der Waals surface area contributed by atoms with Crippen molar-refractivity contribution in [2.45, 2.75) is 52.2 Å². The van der Waals surface area contributed by atoms with Crippen LogP contribution >= 0.6 is 0 Å². The van der Waals surface area contributed by atoms with Crippen molar-refractivity contribution < 1.29 is 10.2 Å². The molecule has 2 N–H and O–H groups in total. The van der Waals surface area contributed by atoms with Crippen LogP contribution in [0.4, 0.5) is 0 Å². The lowest BCUT2D eigenvalue weighted by molar-refractivity contribution is -0.149. The van der Waals surface area contributed by atoms with E-state index in [-0.39, 0.29) is 23.0 Å². The molecule has 1 saturated carbocycles. The van der Waals surface area contributed by atoms with E-state index in [9.17, 15) is 10.2 Å². The molecular weight excluding hydrogens is 532 g/mol. The minimum Gasteiger partial charge on any atom is -0.508 e. The molecule has 3 aromatic carbocycles. The predicted molar refractivity (Wildman–Crippen MR) is 171 cm³/mol. The van der Waals surface area contributed by atoms with E-state index in [4.69, 9.17) is 9.97 Å². The number of aliphatic hydroxyl groups is 1. The fraction of sp³-hybridized carbons (Fsp3) is 0.270. The SMILES string of the molecule is CCn1c2ccc(-c3ccncc3)cc2c2cc(-c3nc(-c4ccc(O)cc4)nc4c3C3CC(C4(C)O)C3(C)C)ccc21. The first-order chi connectivity index (χ1) is 20.7. The Kier molecular flexibility index (Phi) is 5.45. The largest absolute Gasteiger partial charge is 0.508 e. The summed E-state index contributed by atoms with van der Waals surface area (Å²) in [7, 11) is 0. The van der Waals surface area contributed by atoms with Gasteiger partial charge in [0.05, 0.1) is 11.4 Å². The van der Waals surface area contributed by atoms with Gasteiger partial charge < -0.3 is 14.8 Å². The van der Waals surface area contributed by atoms with Crippen molar-refractivity contribution in [1.82, 2.24) is 19.5 Å². The second-order valence-corrected chi connectivity index (χ2v) is 13.0. The van der Waals surface area contributed by atoms with Crippen LogP contribution in [0.25, 0.3) is 55.6 Å². The zero-order chi connectivity index (χ0) is 29.7. The van der Waals surface area contributed by atoms with E-state index in [2.05, 4.69) is 66.7 Å². The normalized spacial score (nSPS) is 22.0. The Balaban J connectivity index is 1.40. The Morgan fingerprint density at radius 1 is 0.791 bits per heavy atom. The fourth-order valence-corrected chi connectivity index (χ4v) is 8.00. The number of rotatable bonds is 4. The number of benzene rings is 3. The third kappa shape index (κ3) is 3.66. The van der Waals surface area contributed by atoms with Gasteiger partial charge in [0.1, 0.15) is 11.4 Å². The first-order valence-electron chi connectivity index (χ1n) is 15.1. The highest BCUT2D eigenvalue weighted by molar-refractivity contribution is 6.10. The lowest BCUT2D eigenvalue weighted by Crippen LogP contribution is -2.58. The summed E-state index contributed by atoms with van der Waals surface area (Å²) in [6.07, 6.45) is 4.59. The Labute approximate surface area is 250 Å². The van der Waals surface area contributed by atoms with E-state index < -0.39 is 5.60 Å². The highest BCUT2D eigenvalue weighted by atomic mass is 16.3. The average molecular weight is 567 g/mol. The topological polar surface area (TPSA) is 84.1 Å². The van der Waals surface area contributed by atoms with Crippen LogP contribution in [0, 0.1) is 11.3 Å². The summed E-state index contributed by atoms with van der Waals surface area (Å²) in [6.45, 7) is 9.50. The Hall–Kier alpha value is -4.55. The number of phenolic OH excluding ortho intramolecular Hbond substituents is 1. The van der Waals surface area contributed by atoms with E-state index in [0.717, 1.165) is 52.2 Å². The highest BCUT2D eigenvalue weighted by Crippen LogP contribution is 2.68. The molecule has 3 atom stereocenters. The van der Waals surface area contributed by atoms with Crippen molar-refractivity contribution in [2.24, 2.45) is 11.3 Å². The summed E-state index contributed by atoms with van der Waals surface area (Å²) >= 11 is 0. The molecule has 3 aromatic heterocycles. The third-order valence-corrected chi connectivity index (χ3v) is 10.3. The Morgan fingerprint density at radius 3 is 2.07 bits per heavy atom. The number of hydrogen-bond acceptors (Lipinski definition) is 5. The maximum absolute atomic E-state index is 12.0. The minimum absolute atomic E-state index is 0.0591. The number of aromatic hydroxyl groups is 1. The number of fused-ring (bicyclic) bond motifs is 3. The van der Waals surface area contributed by atoms with Gasteiger partial charge in [0.2, 0.25) is 0 Å². The maximum atomic E-state index is 12.0. The zero-order valence-corrected chi connectivity index (χ0v) is 24.8. The van der Waals surface area contributed by atoms with Gasteiger partial charge in [-0.25, -0.2) is 9.97 Å². The average Bonchev–Trinajstić information content (AvgIpc) is 3.33. The first-order valence-corrected chi connectivity index (χ1v) is 15.1. The molecule has 2 bridgehead atoms. The van der Waals surface area contributed by atoms with Gasteiger partial charge in [0.25, 0.3) is 0 Å². The molecule has 0 aliphatic heterocycles. The molecule has 3 aliphatic rings. The number of hydrogen-bond donors (Lipinski definition) is 2. The number of nitrogens with zero attached hydrogens (tertiary/aromatic N) is 4. The van der Waals surface area contributed by atoms with E-state index in [0.29, 0.717) is 5.82 Å². The second-order valence-electron chi connectivity index (χ2n) is 13.0. The van der Waals surface area contributed by atoms with Gasteiger partial charge >= 0.3 is 0 Å².